The van der Waals surface area contributed by atoms with Crippen LogP contribution in [0.4, 0.5) is 11.5 Å². The van der Waals surface area contributed by atoms with Gasteiger partial charge in [0.25, 0.3) is 5.91 Å². The number of pyridine rings is 1. The van der Waals surface area contributed by atoms with Crippen LogP contribution in [-0.4, -0.2) is 17.9 Å². The van der Waals surface area contributed by atoms with Gasteiger partial charge in [0.05, 0.1) is 10.7 Å². The number of aromatic nitrogens is 1. The lowest BCUT2D eigenvalue weighted by Gasteiger charge is -2.10. The Morgan fingerprint density at radius 3 is 2.71 bits per heavy atom. The molecule has 0 atom stereocenters. The van der Waals surface area contributed by atoms with Crippen LogP contribution >= 0.6 is 11.6 Å². The summed E-state index contributed by atoms with van der Waals surface area (Å²) in [6.07, 6.45) is 1.81. The van der Waals surface area contributed by atoms with Crippen molar-refractivity contribution in [1.82, 2.24) is 4.98 Å². The smallest absolute Gasteiger partial charge is 0.255 e. The van der Waals surface area contributed by atoms with Crippen LogP contribution in [0, 0.1) is 0 Å². The molecule has 2 N–H and O–H groups in total. The van der Waals surface area contributed by atoms with Crippen molar-refractivity contribution in [2.45, 2.75) is 19.8 Å². The molecule has 5 heteroatoms. The summed E-state index contributed by atoms with van der Waals surface area (Å²) in [5.41, 5.74) is 2.07. The molecule has 0 saturated carbocycles. The van der Waals surface area contributed by atoms with Gasteiger partial charge in [-0.2, -0.15) is 0 Å². The highest BCUT2D eigenvalue weighted by molar-refractivity contribution is 6.33. The molecule has 0 radical (unpaired) electrons. The van der Waals surface area contributed by atoms with Crippen LogP contribution in [0.5, 0.6) is 0 Å². The average molecular weight is 304 g/mol. The van der Waals surface area contributed by atoms with Gasteiger partial charge in [0.15, 0.2) is 0 Å². The molecule has 110 valence electrons. The first-order valence-electron chi connectivity index (χ1n) is 6.88. The van der Waals surface area contributed by atoms with Gasteiger partial charge in [0, 0.05) is 18.3 Å². The average Bonchev–Trinajstić information content (AvgIpc) is 2.49. The van der Waals surface area contributed by atoms with Crippen LogP contribution in [0.1, 0.15) is 29.4 Å². The number of nitrogens with zero attached hydrogens (tertiary/aromatic N) is 1. The molecule has 0 bridgehead atoms. The number of hydrogen-bond donors (Lipinski definition) is 2. The predicted octanol–water partition coefficient (Wildman–Crippen LogP) is 3.98. The van der Waals surface area contributed by atoms with E-state index >= 15 is 0 Å². The van der Waals surface area contributed by atoms with Crippen molar-refractivity contribution in [3.05, 3.63) is 52.7 Å². The minimum absolute atomic E-state index is 0.195. The Hall–Kier alpha value is -2.07. The lowest BCUT2D eigenvalue weighted by molar-refractivity contribution is 0.102. The summed E-state index contributed by atoms with van der Waals surface area (Å²) in [5.74, 6) is 0.490. The van der Waals surface area contributed by atoms with Crippen LogP contribution in [-0.2, 0) is 6.42 Å². The van der Waals surface area contributed by atoms with Crippen LogP contribution in [0.3, 0.4) is 0 Å². The number of amides is 1. The van der Waals surface area contributed by atoms with Crippen molar-refractivity contribution in [1.29, 1.82) is 0 Å². The molecule has 0 fully saturated rings. The van der Waals surface area contributed by atoms with Crippen LogP contribution < -0.4 is 10.6 Å². The first-order valence-corrected chi connectivity index (χ1v) is 7.26. The highest BCUT2D eigenvalue weighted by Crippen LogP contribution is 2.21. The Balaban J connectivity index is 2.26. The third-order valence-corrected chi connectivity index (χ3v) is 3.35. The molecule has 1 amide bonds. The number of halogens is 1. The Labute approximate surface area is 129 Å². The van der Waals surface area contributed by atoms with Gasteiger partial charge in [-0.25, -0.2) is 4.98 Å². The van der Waals surface area contributed by atoms with Gasteiger partial charge < -0.3 is 10.6 Å². The van der Waals surface area contributed by atoms with E-state index in [4.69, 9.17) is 11.6 Å². The van der Waals surface area contributed by atoms with E-state index in [1.165, 1.54) is 0 Å². The normalized spacial score (nSPS) is 10.2. The van der Waals surface area contributed by atoms with Gasteiger partial charge in [-0.15, -0.1) is 0 Å². The highest BCUT2D eigenvalue weighted by atomic mass is 35.5. The second-order valence-corrected chi connectivity index (χ2v) is 5.07. The van der Waals surface area contributed by atoms with Gasteiger partial charge in [-0.3, -0.25) is 4.79 Å². The topological polar surface area (TPSA) is 54.0 Å². The second kappa shape index (κ2) is 7.09. The fourth-order valence-electron chi connectivity index (χ4n) is 1.99. The van der Waals surface area contributed by atoms with Gasteiger partial charge >= 0.3 is 0 Å². The summed E-state index contributed by atoms with van der Waals surface area (Å²) in [5, 5.41) is 6.32. The van der Waals surface area contributed by atoms with E-state index in [9.17, 15) is 4.79 Å². The standard InChI is InChI=1S/C16H18ClN3O/c1-3-6-12-9-11(10-15(18-2)19-12)16(21)20-14-8-5-4-7-13(14)17/h4-5,7-10H,3,6H2,1-2H3,(H,18,19)(H,20,21). The molecule has 1 aromatic heterocycles. The predicted molar refractivity (Wildman–Crippen MR) is 87.2 cm³/mol. The molecule has 0 spiro atoms. The first-order chi connectivity index (χ1) is 10.1. The number of nitrogens with one attached hydrogen (secondary N) is 2. The SMILES string of the molecule is CCCc1cc(C(=O)Nc2ccccc2Cl)cc(NC)n1. The summed E-state index contributed by atoms with van der Waals surface area (Å²) in [6, 6.07) is 10.7. The molecule has 0 saturated heterocycles. The molecule has 0 aliphatic rings. The van der Waals surface area contributed by atoms with E-state index in [0.29, 0.717) is 22.1 Å². The Morgan fingerprint density at radius 1 is 1.29 bits per heavy atom. The molecule has 2 rings (SSSR count). The van der Waals surface area contributed by atoms with Crippen LogP contribution in [0.2, 0.25) is 5.02 Å². The molecule has 0 unspecified atom stereocenters. The number of aryl methyl sites for hydroxylation is 1. The van der Waals surface area contributed by atoms with E-state index in [0.717, 1.165) is 18.5 Å². The number of carbonyl (C=O) groups is 1. The maximum Gasteiger partial charge on any atom is 0.255 e. The Kier molecular flexibility index (Phi) is 5.17. The van der Waals surface area contributed by atoms with Gasteiger partial charge in [-0.1, -0.05) is 37.1 Å². The van der Waals surface area contributed by atoms with Crippen molar-refractivity contribution in [2.24, 2.45) is 0 Å². The van der Waals surface area contributed by atoms with Crippen LogP contribution in [0.25, 0.3) is 0 Å². The van der Waals surface area contributed by atoms with Crippen molar-refractivity contribution < 1.29 is 4.79 Å². The highest BCUT2D eigenvalue weighted by Gasteiger charge is 2.11. The molecule has 21 heavy (non-hydrogen) atoms. The van der Waals surface area contributed by atoms with Crippen molar-refractivity contribution in [3.63, 3.8) is 0 Å². The molecular formula is C16H18ClN3O. The third-order valence-electron chi connectivity index (χ3n) is 3.02. The molecular weight excluding hydrogens is 286 g/mol. The zero-order valence-corrected chi connectivity index (χ0v) is 12.9. The third kappa shape index (κ3) is 3.95. The minimum Gasteiger partial charge on any atom is -0.373 e. The molecule has 0 aliphatic heterocycles. The fourth-order valence-corrected chi connectivity index (χ4v) is 2.17. The fraction of sp³-hybridized carbons (Fsp3) is 0.250. The molecule has 2 aromatic rings. The number of carbonyl (C=O) groups excluding carboxylic acids is 1. The maximum atomic E-state index is 12.4. The molecule has 0 aliphatic carbocycles. The van der Waals surface area contributed by atoms with E-state index in [1.54, 1.807) is 25.2 Å². The summed E-state index contributed by atoms with van der Waals surface area (Å²) >= 11 is 6.06. The number of rotatable bonds is 5. The van der Waals surface area contributed by atoms with E-state index in [1.807, 2.05) is 18.2 Å². The molecule has 1 heterocycles. The number of para-hydroxylation sites is 1. The largest absolute Gasteiger partial charge is 0.373 e. The summed E-state index contributed by atoms with van der Waals surface area (Å²) < 4.78 is 0. The lowest BCUT2D eigenvalue weighted by Crippen LogP contribution is -2.13. The molecule has 1 aromatic carbocycles. The first kappa shape index (κ1) is 15.3. The number of benzene rings is 1. The number of hydrogen-bond acceptors (Lipinski definition) is 3. The van der Waals surface area contributed by atoms with E-state index in [-0.39, 0.29) is 5.91 Å². The van der Waals surface area contributed by atoms with Crippen molar-refractivity contribution in [3.8, 4) is 0 Å². The lowest BCUT2D eigenvalue weighted by atomic mass is 10.1. The quantitative estimate of drug-likeness (QED) is 0.878. The van der Waals surface area contributed by atoms with Crippen molar-refractivity contribution in [2.75, 3.05) is 17.7 Å². The number of anilines is 2. The van der Waals surface area contributed by atoms with Gasteiger partial charge in [0.2, 0.25) is 0 Å². The van der Waals surface area contributed by atoms with E-state index in [2.05, 4.69) is 22.5 Å². The zero-order valence-electron chi connectivity index (χ0n) is 12.1. The van der Waals surface area contributed by atoms with Gasteiger partial charge in [0.1, 0.15) is 5.82 Å². The monoisotopic (exact) mass is 303 g/mol. The van der Waals surface area contributed by atoms with Crippen molar-refractivity contribution >= 4 is 29.0 Å². The zero-order chi connectivity index (χ0) is 15.2. The van der Waals surface area contributed by atoms with Crippen LogP contribution in [0.15, 0.2) is 36.4 Å². The second-order valence-electron chi connectivity index (χ2n) is 4.67. The minimum atomic E-state index is -0.195. The summed E-state index contributed by atoms with van der Waals surface area (Å²) in [7, 11) is 1.79. The Bertz CT molecular complexity index is 643. The maximum absolute atomic E-state index is 12.4. The van der Waals surface area contributed by atoms with E-state index < -0.39 is 0 Å². The Morgan fingerprint density at radius 2 is 2.05 bits per heavy atom. The summed E-state index contributed by atoms with van der Waals surface area (Å²) in [4.78, 5) is 16.8. The summed E-state index contributed by atoms with van der Waals surface area (Å²) in [6.45, 7) is 2.08. The molecule has 4 nitrogen and oxygen atoms in total. The van der Waals surface area contributed by atoms with Gasteiger partial charge in [-0.05, 0) is 30.7 Å².